The Morgan fingerprint density at radius 2 is 2.00 bits per heavy atom. The number of quaternary nitrogens is 1. The van der Waals surface area contributed by atoms with Gasteiger partial charge in [0.05, 0.1) is 31.6 Å². The summed E-state index contributed by atoms with van der Waals surface area (Å²) in [6, 6.07) is 12.0. The summed E-state index contributed by atoms with van der Waals surface area (Å²) in [6.07, 6.45) is 3.72. The monoisotopic (exact) mass is 452 g/mol. The van der Waals surface area contributed by atoms with Gasteiger partial charge in [-0.3, -0.25) is 9.59 Å². The number of rotatable bonds is 11. The number of benzene rings is 1. The number of nitrogens with one attached hydrogen (secondary N) is 2. The van der Waals surface area contributed by atoms with Crippen LogP contribution in [0.1, 0.15) is 41.5 Å². The maximum absolute atomic E-state index is 12.4. The normalized spacial score (nSPS) is 11.8. The molecule has 33 heavy (non-hydrogen) atoms. The molecule has 1 atom stereocenters. The molecule has 0 saturated carbocycles. The van der Waals surface area contributed by atoms with Gasteiger partial charge in [-0.15, -0.1) is 0 Å². The van der Waals surface area contributed by atoms with Gasteiger partial charge >= 0.3 is 5.91 Å². The van der Waals surface area contributed by atoms with Crippen LogP contribution in [0.15, 0.2) is 54.5 Å². The number of nitriles is 1. The Labute approximate surface area is 193 Å². The Hall–Kier alpha value is -3.94. The van der Waals surface area contributed by atoms with Crippen LogP contribution in [0.3, 0.4) is 0 Å². The minimum absolute atomic E-state index is 0.0856. The van der Waals surface area contributed by atoms with Gasteiger partial charge in [0.1, 0.15) is 17.5 Å². The fourth-order valence-electron chi connectivity index (χ4n) is 2.84. The first-order valence-corrected chi connectivity index (χ1v) is 10.6. The first kappa shape index (κ1) is 25.3. The van der Waals surface area contributed by atoms with Crippen LogP contribution in [0, 0.1) is 11.3 Å². The summed E-state index contributed by atoms with van der Waals surface area (Å²) in [5.74, 6) is 5.61. The molecule has 2 amide bonds. The van der Waals surface area contributed by atoms with E-state index in [1.165, 1.54) is 17.4 Å². The van der Waals surface area contributed by atoms with E-state index in [4.69, 9.17) is 10.6 Å². The maximum atomic E-state index is 12.4. The van der Waals surface area contributed by atoms with E-state index >= 15 is 0 Å². The van der Waals surface area contributed by atoms with Crippen molar-refractivity contribution in [2.24, 2.45) is 5.84 Å². The Balaban J connectivity index is 1.84. The zero-order valence-electron chi connectivity index (χ0n) is 18.9. The van der Waals surface area contributed by atoms with Gasteiger partial charge in [-0.05, 0) is 36.6 Å². The number of aromatic nitrogens is 1. The average Bonchev–Trinajstić information content (AvgIpc) is 2.83. The fraction of sp³-hybridized carbons (Fsp3) is 0.304. The second-order valence-corrected chi connectivity index (χ2v) is 7.09. The van der Waals surface area contributed by atoms with Crippen molar-refractivity contribution in [1.82, 2.24) is 20.6 Å². The van der Waals surface area contributed by atoms with Crippen LogP contribution >= 0.6 is 0 Å². The molecule has 10 nitrogen and oxygen atoms in total. The molecule has 2 rings (SSSR count). The molecule has 174 valence electrons. The maximum Gasteiger partial charge on any atom is 0.308 e. The predicted molar refractivity (Wildman–Crippen MR) is 122 cm³/mol. The van der Waals surface area contributed by atoms with Crippen LogP contribution in [0.5, 0.6) is 5.75 Å². The Kier molecular flexibility index (Phi) is 9.82. The third-order valence-electron chi connectivity index (χ3n) is 4.67. The van der Waals surface area contributed by atoms with Crippen LogP contribution in [-0.2, 0) is 11.2 Å². The number of hydrogen-bond acceptors (Lipinski definition) is 7. The molecule has 7 N–H and O–H groups in total. The number of ether oxygens (including phenoxy) is 1. The number of hydrazine groups is 1. The Morgan fingerprint density at radius 3 is 2.58 bits per heavy atom. The van der Waals surface area contributed by atoms with E-state index in [0.29, 0.717) is 17.9 Å². The lowest BCUT2D eigenvalue weighted by Gasteiger charge is -2.15. The minimum atomic E-state index is -0.805. The molecule has 0 fully saturated rings. The fourth-order valence-corrected chi connectivity index (χ4v) is 2.84. The van der Waals surface area contributed by atoms with Gasteiger partial charge in [-0.25, -0.2) is 10.8 Å². The third kappa shape index (κ3) is 7.92. The summed E-state index contributed by atoms with van der Waals surface area (Å²) in [5.41, 5.74) is 5.88. The molecule has 0 aliphatic carbocycles. The second-order valence-electron chi connectivity index (χ2n) is 7.09. The molecule has 2 aromatic rings. The number of pyridine rings is 1. The molecule has 0 radical (unpaired) electrons. The highest BCUT2D eigenvalue weighted by Crippen LogP contribution is 2.14. The molecule has 10 heteroatoms. The van der Waals surface area contributed by atoms with E-state index in [2.05, 4.69) is 27.4 Å². The number of nitrogens with zero attached hydrogens (tertiary/aromatic N) is 3. The highest BCUT2D eigenvalue weighted by Gasteiger charge is 2.18. The van der Waals surface area contributed by atoms with Crippen molar-refractivity contribution in [3.63, 3.8) is 0 Å². The molecule has 1 unspecified atom stereocenters. The van der Waals surface area contributed by atoms with Gasteiger partial charge in [0.2, 0.25) is 5.70 Å². The lowest BCUT2D eigenvalue weighted by atomic mass is 10.0. The second kappa shape index (κ2) is 12.8. The molecular formula is C23H30N7O3+. The van der Waals surface area contributed by atoms with E-state index < -0.39 is 11.9 Å². The molecular weight excluding hydrogens is 422 g/mol. The molecule has 0 aliphatic rings. The van der Waals surface area contributed by atoms with Crippen molar-refractivity contribution < 1.29 is 20.1 Å². The molecule has 0 bridgehead atoms. The summed E-state index contributed by atoms with van der Waals surface area (Å²) in [7, 11) is 0. The molecule has 1 aromatic carbocycles. The van der Waals surface area contributed by atoms with Crippen LogP contribution in [0.4, 0.5) is 0 Å². The van der Waals surface area contributed by atoms with E-state index in [9.17, 15) is 14.9 Å². The number of carbonyl (C=O) groups excluding carboxylic acids is 2. The summed E-state index contributed by atoms with van der Waals surface area (Å²) in [6.45, 7) is 4.87. The van der Waals surface area contributed by atoms with Crippen LogP contribution in [0.2, 0.25) is 0 Å². The summed E-state index contributed by atoms with van der Waals surface area (Å²) in [4.78, 5) is 28.6. The molecule has 1 heterocycles. The highest BCUT2D eigenvalue weighted by molar-refractivity contribution is 5.92. The SMILES string of the molecule is CCOc1ccc(C(=O)NCCN(N)/C=C(\[NH3+])C(=O)NC(C#N)c2ccc(CC)cc2)nc1. The van der Waals surface area contributed by atoms with E-state index in [-0.39, 0.29) is 30.4 Å². The highest BCUT2D eigenvalue weighted by atomic mass is 16.5. The van der Waals surface area contributed by atoms with E-state index in [1.54, 1.807) is 12.1 Å². The van der Waals surface area contributed by atoms with Crippen molar-refractivity contribution in [1.29, 1.82) is 5.26 Å². The summed E-state index contributed by atoms with van der Waals surface area (Å²) in [5, 5.41) is 16.0. The topological polar surface area (TPSA) is 161 Å². The van der Waals surface area contributed by atoms with Gasteiger partial charge in [0.25, 0.3) is 5.91 Å². The third-order valence-corrected chi connectivity index (χ3v) is 4.67. The quantitative estimate of drug-likeness (QED) is 0.218. The number of amides is 2. The van der Waals surface area contributed by atoms with Crippen molar-refractivity contribution in [2.45, 2.75) is 26.3 Å². The number of carbonyl (C=O) groups is 2. The van der Waals surface area contributed by atoms with Gasteiger partial charge in [-0.1, -0.05) is 31.2 Å². The average molecular weight is 453 g/mol. The van der Waals surface area contributed by atoms with Crippen molar-refractivity contribution in [2.75, 3.05) is 19.7 Å². The van der Waals surface area contributed by atoms with Crippen molar-refractivity contribution in [3.05, 3.63) is 71.3 Å². The van der Waals surface area contributed by atoms with Crippen LogP contribution < -0.4 is 26.9 Å². The van der Waals surface area contributed by atoms with Crippen LogP contribution in [0.25, 0.3) is 0 Å². The van der Waals surface area contributed by atoms with Gasteiger partial charge < -0.3 is 26.1 Å². The molecule has 0 saturated heterocycles. The van der Waals surface area contributed by atoms with E-state index in [1.807, 2.05) is 38.1 Å². The van der Waals surface area contributed by atoms with Gasteiger partial charge in [0, 0.05) is 6.54 Å². The number of hydrogen-bond donors (Lipinski definition) is 4. The first-order valence-electron chi connectivity index (χ1n) is 10.6. The predicted octanol–water partition coefficient (Wildman–Crippen LogP) is 0.413. The standard InChI is InChI=1S/C23H29N7O3/c1-3-16-5-7-17(8-6-16)21(13-24)29-22(31)19(25)15-30(26)12-11-27-23(32)20-10-9-18(14-28-20)33-4-2/h5-10,14-15,21H,3-4,11-12,25-26H2,1-2H3,(H,27,32)(H,29,31)/p+1/b19-15-. The number of nitrogens with two attached hydrogens (primary N) is 1. The van der Waals surface area contributed by atoms with Crippen molar-refractivity contribution >= 4 is 11.8 Å². The zero-order valence-corrected chi connectivity index (χ0v) is 18.9. The van der Waals surface area contributed by atoms with E-state index in [0.717, 1.165) is 12.0 Å². The first-order chi connectivity index (χ1) is 15.9. The zero-order chi connectivity index (χ0) is 24.2. The molecule has 0 aliphatic heterocycles. The van der Waals surface area contributed by atoms with Crippen molar-refractivity contribution in [3.8, 4) is 11.8 Å². The molecule has 1 aromatic heterocycles. The Morgan fingerprint density at radius 1 is 1.27 bits per heavy atom. The lowest BCUT2D eigenvalue weighted by molar-refractivity contribution is -0.300. The number of aryl methyl sites for hydroxylation is 1. The molecule has 0 spiro atoms. The Bertz CT molecular complexity index is 998. The largest absolute Gasteiger partial charge is 0.492 e. The smallest absolute Gasteiger partial charge is 0.308 e. The lowest BCUT2D eigenvalue weighted by Crippen LogP contribution is -2.56. The van der Waals surface area contributed by atoms with Crippen LogP contribution in [-0.4, -0.2) is 41.5 Å². The van der Waals surface area contributed by atoms with Gasteiger partial charge in [-0.2, -0.15) is 5.26 Å². The minimum Gasteiger partial charge on any atom is -0.492 e. The summed E-state index contributed by atoms with van der Waals surface area (Å²) < 4.78 is 5.29. The van der Waals surface area contributed by atoms with Gasteiger partial charge in [0.15, 0.2) is 0 Å². The summed E-state index contributed by atoms with van der Waals surface area (Å²) >= 11 is 0.